The van der Waals surface area contributed by atoms with Crippen LogP contribution in [0.15, 0.2) is 30.3 Å². The number of hydrogen-bond donors (Lipinski definition) is 1. The number of nitrogens with one attached hydrogen (secondary N) is 1. The number of hydrogen-bond acceptors (Lipinski definition) is 2. The van der Waals surface area contributed by atoms with E-state index in [1.54, 1.807) is 0 Å². The molecule has 0 saturated heterocycles. The summed E-state index contributed by atoms with van der Waals surface area (Å²) in [6, 6.07) is 12.7. The van der Waals surface area contributed by atoms with Gasteiger partial charge in [-0.05, 0) is 52.0 Å². The minimum atomic E-state index is 0.553. The van der Waals surface area contributed by atoms with E-state index in [-0.39, 0.29) is 0 Å². The second-order valence-corrected chi connectivity index (χ2v) is 6.61. The van der Waals surface area contributed by atoms with E-state index in [0.717, 1.165) is 19.0 Å². The van der Waals surface area contributed by atoms with Crippen molar-refractivity contribution in [1.29, 1.82) is 0 Å². The lowest BCUT2D eigenvalue weighted by Crippen LogP contribution is -2.42. The summed E-state index contributed by atoms with van der Waals surface area (Å²) < 4.78 is 0. The number of rotatable bonds is 8. The van der Waals surface area contributed by atoms with Crippen LogP contribution in [-0.4, -0.2) is 30.1 Å². The highest BCUT2D eigenvalue weighted by atomic mass is 15.2. The van der Waals surface area contributed by atoms with Gasteiger partial charge in [0.15, 0.2) is 0 Å². The molecule has 1 aliphatic rings. The van der Waals surface area contributed by atoms with E-state index in [2.05, 4.69) is 68.2 Å². The fourth-order valence-corrected chi connectivity index (χ4v) is 3.11. The minimum Gasteiger partial charge on any atom is -0.308 e. The molecule has 1 atom stereocenters. The van der Waals surface area contributed by atoms with Gasteiger partial charge in [-0.15, -0.1) is 0 Å². The first-order valence-corrected chi connectivity index (χ1v) is 8.13. The van der Waals surface area contributed by atoms with Gasteiger partial charge >= 0.3 is 0 Å². The fourth-order valence-electron chi connectivity index (χ4n) is 3.11. The Kier molecular flexibility index (Phi) is 5.62. The molecular formula is C18H30N2. The molecule has 20 heavy (non-hydrogen) atoms. The molecule has 2 heteroatoms. The molecule has 112 valence electrons. The van der Waals surface area contributed by atoms with Gasteiger partial charge in [0.05, 0.1) is 0 Å². The van der Waals surface area contributed by atoms with Crippen LogP contribution in [0.3, 0.4) is 0 Å². The van der Waals surface area contributed by atoms with Crippen molar-refractivity contribution in [1.82, 2.24) is 10.2 Å². The Morgan fingerprint density at radius 3 is 2.15 bits per heavy atom. The van der Waals surface area contributed by atoms with Gasteiger partial charge in [-0.2, -0.15) is 0 Å². The van der Waals surface area contributed by atoms with Gasteiger partial charge in [0.25, 0.3) is 0 Å². The average molecular weight is 274 g/mol. The zero-order valence-electron chi connectivity index (χ0n) is 13.5. The molecule has 0 aromatic heterocycles. The molecule has 0 aliphatic heterocycles. The molecule has 2 nitrogen and oxygen atoms in total. The van der Waals surface area contributed by atoms with Crippen LogP contribution >= 0.6 is 0 Å². The van der Waals surface area contributed by atoms with Gasteiger partial charge in [0, 0.05) is 31.2 Å². The van der Waals surface area contributed by atoms with Gasteiger partial charge in [0.2, 0.25) is 0 Å². The zero-order valence-corrected chi connectivity index (χ0v) is 13.5. The molecule has 0 amide bonds. The standard InChI is InChI=1S/C18H30N2/c1-14(2)20(15(3)4)13-12-19-18(17-10-11-17)16-8-6-5-7-9-16/h5-9,14-15,17-19H,10-13H2,1-4H3. The lowest BCUT2D eigenvalue weighted by Gasteiger charge is -2.31. The molecule has 0 radical (unpaired) electrons. The number of benzene rings is 1. The Morgan fingerprint density at radius 2 is 1.65 bits per heavy atom. The second kappa shape index (κ2) is 7.24. The highest BCUT2D eigenvalue weighted by Crippen LogP contribution is 2.40. The SMILES string of the molecule is CC(C)N(CCNC(c1ccccc1)C1CC1)C(C)C. The molecule has 1 unspecified atom stereocenters. The molecule has 1 aromatic rings. The molecule has 1 N–H and O–H groups in total. The van der Waals surface area contributed by atoms with E-state index in [9.17, 15) is 0 Å². The molecular weight excluding hydrogens is 244 g/mol. The van der Waals surface area contributed by atoms with Crippen molar-refractivity contribution in [3.63, 3.8) is 0 Å². The van der Waals surface area contributed by atoms with Crippen LogP contribution in [0, 0.1) is 5.92 Å². The van der Waals surface area contributed by atoms with Crippen LogP contribution < -0.4 is 5.32 Å². The van der Waals surface area contributed by atoms with Crippen LogP contribution in [0.4, 0.5) is 0 Å². The first-order chi connectivity index (χ1) is 9.59. The zero-order chi connectivity index (χ0) is 14.5. The fraction of sp³-hybridized carbons (Fsp3) is 0.667. The van der Waals surface area contributed by atoms with Crippen molar-refractivity contribution in [3.8, 4) is 0 Å². The van der Waals surface area contributed by atoms with E-state index < -0.39 is 0 Å². The maximum atomic E-state index is 3.80. The third-order valence-corrected chi connectivity index (χ3v) is 4.31. The van der Waals surface area contributed by atoms with Gasteiger partial charge in [0.1, 0.15) is 0 Å². The second-order valence-electron chi connectivity index (χ2n) is 6.61. The predicted molar refractivity (Wildman–Crippen MR) is 86.9 cm³/mol. The van der Waals surface area contributed by atoms with Crippen molar-refractivity contribution in [2.45, 2.75) is 58.7 Å². The smallest absolute Gasteiger partial charge is 0.0349 e. The maximum Gasteiger partial charge on any atom is 0.0349 e. The summed E-state index contributed by atoms with van der Waals surface area (Å²) in [6.45, 7) is 11.4. The highest BCUT2D eigenvalue weighted by Gasteiger charge is 2.31. The Balaban J connectivity index is 1.87. The molecule has 1 aromatic carbocycles. The van der Waals surface area contributed by atoms with Gasteiger partial charge in [-0.3, -0.25) is 4.90 Å². The van der Waals surface area contributed by atoms with Crippen molar-refractivity contribution in [2.75, 3.05) is 13.1 Å². The van der Waals surface area contributed by atoms with Gasteiger partial charge < -0.3 is 5.32 Å². The van der Waals surface area contributed by atoms with Crippen LogP contribution in [0.1, 0.15) is 52.1 Å². The third-order valence-electron chi connectivity index (χ3n) is 4.31. The Labute approximate surface area is 124 Å². The van der Waals surface area contributed by atoms with E-state index in [4.69, 9.17) is 0 Å². The third kappa shape index (κ3) is 4.32. The van der Waals surface area contributed by atoms with Crippen LogP contribution in [0.25, 0.3) is 0 Å². The Morgan fingerprint density at radius 1 is 1.05 bits per heavy atom. The summed E-state index contributed by atoms with van der Waals surface area (Å²) in [5.41, 5.74) is 1.45. The highest BCUT2D eigenvalue weighted by molar-refractivity contribution is 5.21. The molecule has 2 rings (SSSR count). The largest absolute Gasteiger partial charge is 0.308 e. The van der Waals surface area contributed by atoms with Crippen molar-refractivity contribution < 1.29 is 0 Å². The molecule has 1 aliphatic carbocycles. The summed E-state index contributed by atoms with van der Waals surface area (Å²) in [7, 11) is 0. The predicted octanol–water partition coefficient (Wildman–Crippen LogP) is 3.85. The average Bonchev–Trinajstić information content (AvgIpc) is 3.23. The van der Waals surface area contributed by atoms with Gasteiger partial charge in [-0.1, -0.05) is 30.3 Å². The lowest BCUT2D eigenvalue weighted by molar-refractivity contribution is 0.173. The summed E-state index contributed by atoms with van der Waals surface area (Å²) in [6.07, 6.45) is 2.76. The molecule has 0 spiro atoms. The van der Waals surface area contributed by atoms with E-state index in [0.29, 0.717) is 18.1 Å². The lowest BCUT2D eigenvalue weighted by atomic mass is 10.0. The van der Waals surface area contributed by atoms with Crippen LogP contribution in [0.2, 0.25) is 0 Å². The van der Waals surface area contributed by atoms with Crippen LogP contribution in [0.5, 0.6) is 0 Å². The van der Waals surface area contributed by atoms with Gasteiger partial charge in [-0.25, -0.2) is 0 Å². The van der Waals surface area contributed by atoms with Crippen LogP contribution in [-0.2, 0) is 0 Å². The topological polar surface area (TPSA) is 15.3 Å². The van der Waals surface area contributed by atoms with E-state index >= 15 is 0 Å². The Hall–Kier alpha value is -0.860. The monoisotopic (exact) mass is 274 g/mol. The van der Waals surface area contributed by atoms with E-state index in [1.807, 2.05) is 0 Å². The first-order valence-electron chi connectivity index (χ1n) is 8.13. The number of nitrogens with zero attached hydrogens (tertiary/aromatic N) is 1. The normalized spacial score (nSPS) is 17.1. The maximum absolute atomic E-state index is 3.80. The molecule has 0 bridgehead atoms. The molecule has 0 heterocycles. The van der Waals surface area contributed by atoms with Crippen molar-refractivity contribution in [3.05, 3.63) is 35.9 Å². The molecule has 1 saturated carbocycles. The van der Waals surface area contributed by atoms with E-state index in [1.165, 1.54) is 18.4 Å². The Bertz CT molecular complexity index is 374. The summed E-state index contributed by atoms with van der Waals surface area (Å²) in [5, 5.41) is 3.80. The molecule has 1 fully saturated rings. The minimum absolute atomic E-state index is 0.553. The summed E-state index contributed by atoms with van der Waals surface area (Å²) in [4.78, 5) is 2.56. The first kappa shape index (κ1) is 15.5. The summed E-state index contributed by atoms with van der Waals surface area (Å²) >= 11 is 0. The van der Waals surface area contributed by atoms with Crippen molar-refractivity contribution in [2.24, 2.45) is 5.92 Å². The van der Waals surface area contributed by atoms with Crippen molar-refractivity contribution >= 4 is 0 Å². The summed E-state index contributed by atoms with van der Waals surface area (Å²) in [5.74, 6) is 0.851. The quantitative estimate of drug-likeness (QED) is 0.774.